The molecule has 5 nitrogen and oxygen atoms in total. The van der Waals surface area contributed by atoms with Crippen molar-refractivity contribution >= 4 is 17.3 Å². The molecule has 1 aromatic carbocycles. The number of nitrogens with zero attached hydrogens (tertiary/aromatic N) is 1. The number of anilines is 1. The molecule has 18 heavy (non-hydrogen) atoms. The smallest absolute Gasteiger partial charge is 0.278 e. The van der Waals surface area contributed by atoms with Gasteiger partial charge >= 0.3 is 0 Å². The van der Waals surface area contributed by atoms with Crippen LogP contribution in [0.25, 0.3) is 0 Å². The molecule has 0 spiro atoms. The van der Waals surface area contributed by atoms with Crippen LogP contribution >= 0.6 is 11.6 Å². The highest BCUT2D eigenvalue weighted by Gasteiger charge is 2.08. The highest BCUT2D eigenvalue weighted by Crippen LogP contribution is 2.16. The summed E-state index contributed by atoms with van der Waals surface area (Å²) in [6, 6.07) is 7.23. The fraction of sp³-hybridized carbons (Fsp3) is 0.167. The minimum Gasteiger partial charge on any atom is -0.492 e. The van der Waals surface area contributed by atoms with E-state index in [1.165, 1.54) is 0 Å². The number of halogens is 1. The lowest BCUT2D eigenvalue weighted by molar-refractivity contribution is 0.451. The van der Waals surface area contributed by atoms with Crippen LogP contribution in [0.1, 0.15) is 11.4 Å². The molecule has 0 aliphatic heterocycles. The lowest BCUT2D eigenvalue weighted by atomic mass is 10.2. The van der Waals surface area contributed by atoms with E-state index in [0.29, 0.717) is 17.4 Å². The molecule has 0 aliphatic rings. The van der Waals surface area contributed by atoms with Crippen LogP contribution in [0.5, 0.6) is 5.88 Å². The molecule has 0 unspecified atom stereocenters. The van der Waals surface area contributed by atoms with E-state index in [0.717, 1.165) is 5.56 Å². The van der Waals surface area contributed by atoms with Gasteiger partial charge in [-0.15, -0.1) is 0 Å². The van der Waals surface area contributed by atoms with E-state index in [2.05, 4.69) is 15.3 Å². The van der Waals surface area contributed by atoms with E-state index in [4.69, 9.17) is 11.6 Å². The van der Waals surface area contributed by atoms with Crippen molar-refractivity contribution in [1.82, 2.24) is 9.97 Å². The summed E-state index contributed by atoms with van der Waals surface area (Å²) in [4.78, 5) is 17.9. The minimum atomic E-state index is -0.401. The van der Waals surface area contributed by atoms with Crippen molar-refractivity contribution in [2.75, 3.05) is 5.32 Å². The minimum absolute atomic E-state index is 0.0561. The fourth-order valence-electron chi connectivity index (χ4n) is 1.57. The summed E-state index contributed by atoms with van der Waals surface area (Å²) in [5, 5.41) is 13.0. The Morgan fingerprint density at radius 1 is 1.50 bits per heavy atom. The van der Waals surface area contributed by atoms with Gasteiger partial charge in [0, 0.05) is 11.6 Å². The zero-order chi connectivity index (χ0) is 13.1. The van der Waals surface area contributed by atoms with Crippen LogP contribution in [0.15, 0.2) is 29.1 Å². The predicted molar refractivity (Wildman–Crippen MR) is 70.0 cm³/mol. The van der Waals surface area contributed by atoms with Gasteiger partial charge in [-0.1, -0.05) is 23.7 Å². The van der Waals surface area contributed by atoms with Crippen LogP contribution in [-0.2, 0) is 6.54 Å². The van der Waals surface area contributed by atoms with Gasteiger partial charge in [-0.3, -0.25) is 4.79 Å². The molecule has 2 aromatic rings. The zero-order valence-corrected chi connectivity index (χ0v) is 10.5. The first-order chi connectivity index (χ1) is 8.56. The first-order valence-corrected chi connectivity index (χ1v) is 5.72. The maximum Gasteiger partial charge on any atom is 0.278 e. The van der Waals surface area contributed by atoms with Crippen LogP contribution in [0.4, 0.5) is 5.69 Å². The Morgan fingerprint density at radius 2 is 2.28 bits per heavy atom. The Balaban J connectivity index is 2.18. The molecule has 2 rings (SSSR count). The average Bonchev–Trinajstić information content (AvgIpc) is 2.27. The molecule has 6 heteroatoms. The Labute approximate surface area is 108 Å². The second-order valence-electron chi connectivity index (χ2n) is 3.83. The number of nitrogens with one attached hydrogen (secondary N) is 2. The number of aromatic nitrogens is 2. The summed E-state index contributed by atoms with van der Waals surface area (Å²) in [5.41, 5.74) is 0.560. The van der Waals surface area contributed by atoms with Crippen molar-refractivity contribution < 1.29 is 5.11 Å². The van der Waals surface area contributed by atoms with Gasteiger partial charge in [0.25, 0.3) is 5.56 Å². The summed E-state index contributed by atoms with van der Waals surface area (Å²) in [7, 11) is 0. The Kier molecular flexibility index (Phi) is 3.53. The number of hydrogen-bond acceptors (Lipinski definition) is 4. The van der Waals surface area contributed by atoms with Crippen LogP contribution < -0.4 is 10.9 Å². The van der Waals surface area contributed by atoms with Crippen molar-refractivity contribution in [3.05, 3.63) is 51.0 Å². The Morgan fingerprint density at radius 3 is 2.94 bits per heavy atom. The molecule has 0 radical (unpaired) electrons. The fourth-order valence-corrected chi connectivity index (χ4v) is 1.78. The molecular formula is C12H12ClN3O2. The molecule has 1 aromatic heterocycles. The van der Waals surface area contributed by atoms with E-state index in [1.54, 1.807) is 19.1 Å². The van der Waals surface area contributed by atoms with E-state index < -0.39 is 5.56 Å². The molecule has 0 saturated carbocycles. The van der Waals surface area contributed by atoms with Crippen molar-refractivity contribution in [3.63, 3.8) is 0 Å². The third-order valence-corrected chi connectivity index (χ3v) is 2.61. The SMILES string of the molecule is Cc1nc(O)c(NCc2cccc(Cl)c2)c(=O)[nH]1. The van der Waals surface area contributed by atoms with Gasteiger partial charge in [-0.25, -0.2) is 0 Å². The standard InChI is InChI=1S/C12H12ClN3O2/c1-7-15-11(17)10(12(18)16-7)14-6-8-3-2-4-9(13)5-8/h2-5,14H,6H2,1H3,(H2,15,16,17,18). The van der Waals surface area contributed by atoms with Crippen molar-refractivity contribution in [1.29, 1.82) is 0 Å². The Bertz CT molecular complexity index is 625. The van der Waals surface area contributed by atoms with Crippen LogP contribution in [0.2, 0.25) is 5.02 Å². The maximum atomic E-state index is 11.6. The number of rotatable bonds is 3. The second-order valence-corrected chi connectivity index (χ2v) is 4.27. The van der Waals surface area contributed by atoms with Gasteiger partial charge in [0.2, 0.25) is 5.88 Å². The number of aromatic hydroxyl groups is 1. The lowest BCUT2D eigenvalue weighted by Gasteiger charge is -2.07. The van der Waals surface area contributed by atoms with E-state index >= 15 is 0 Å². The predicted octanol–water partition coefficient (Wildman–Crippen LogP) is 2.05. The van der Waals surface area contributed by atoms with Gasteiger partial charge in [0.15, 0.2) is 5.69 Å². The normalized spacial score (nSPS) is 10.3. The van der Waals surface area contributed by atoms with Gasteiger partial charge in [-0.05, 0) is 24.6 Å². The van der Waals surface area contributed by atoms with Crippen LogP contribution in [-0.4, -0.2) is 15.1 Å². The highest BCUT2D eigenvalue weighted by molar-refractivity contribution is 6.30. The number of benzene rings is 1. The van der Waals surface area contributed by atoms with Crippen molar-refractivity contribution in [3.8, 4) is 5.88 Å². The number of aromatic amines is 1. The highest BCUT2D eigenvalue weighted by atomic mass is 35.5. The average molecular weight is 266 g/mol. The maximum absolute atomic E-state index is 11.6. The summed E-state index contributed by atoms with van der Waals surface area (Å²) in [5.74, 6) is 0.0593. The van der Waals surface area contributed by atoms with E-state index in [-0.39, 0.29) is 11.6 Å². The molecule has 0 amide bonds. The summed E-state index contributed by atoms with van der Waals surface area (Å²) >= 11 is 5.85. The van der Waals surface area contributed by atoms with Crippen LogP contribution in [0, 0.1) is 6.92 Å². The number of hydrogen-bond donors (Lipinski definition) is 3. The summed E-state index contributed by atoms with van der Waals surface area (Å²) < 4.78 is 0. The lowest BCUT2D eigenvalue weighted by Crippen LogP contribution is -2.16. The first-order valence-electron chi connectivity index (χ1n) is 5.34. The largest absolute Gasteiger partial charge is 0.492 e. The number of aryl methyl sites for hydroxylation is 1. The van der Waals surface area contributed by atoms with Gasteiger partial charge in [0.05, 0.1) is 0 Å². The number of H-pyrrole nitrogens is 1. The molecule has 0 aliphatic carbocycles. The summed E-state index contributed by atoms with van der Waals surface area (Å²) in [6.07, 6.45) is 0. The van der Waals surface area contributed by atoms with E-state index in [9.17, 15) is 9.90 Å². The van der Waals surface area contributed by atoms with Gasteiger partial charge in [0.1, 0.15) is 5.82 Å². The third-order valence-electron chi connectivity index (χ3n) is 2.38. The third kappa shape index (κ3) is 2.81. The molecule has 1 heterocycles. The quantitative estimate of drug-likeness (QED) is 0.794. The molecule has 0 fully saturated rings. The monoisotopic (exact) mass is 265 g/mol. The molecular weight excluding hydrogens is 254 g/mol. The molecule has 0 saturated heterocycles. The topological polar surface area (TPSA) is 78.0 Å². The molecule has 3 N–H and O–H groups in total. The molecule has 94 valence electrons. The van der Waals surface area contributed by atoms with Crippen molar-refractivity contribution in [2.24, 2.45) is 0 Å². The van der Waals surface area contributed by atoms with Gasteiger partial charge in [-0.2, -0.15) is 4.98 Å². The van der Waals surface area contributed by atoms with Gasteiger partial charge < -0.3 is 15.4 Å². The molecule has 0 bridgehead atoms. The zero-order valence-electron chi connectivity index (χ0n) is 9.70. The Hall–Kier alpha value is -2.01. The second kappa shape index (κ2) is 5.10. The molecule has 0 atom stereocenters. The summed E-state index contributed by atoms with van der Waals surface area (Å²) in [6.45, 7) is 1.98. The van der Waals surface area contributed by atoms with E-state index in [1.807, 2.05) is 12.1 Å². The first kappa shape index (κ1) is 12.4. The van der Waals surface area contributed by atoms with Crippen LogP contribution in [0.3, 0.4) is 0 Å². The van der Waals surface area contributed by atoms with Crippen molar-refractivity contribution in [2.45, 2.75) is 13.5 Å².